The summed E-state index contributed by atoms with van der Waals surface area (Å²) >= 11 is 4.60. The monoisotopic (exact) mass is 479 g/mol. The van der Waals surface area contributed by atoms with Crippen LogP contribution in [0.25, 0.3) is 0 Å². The smallest absolute Gasteiger partial charge is 0.237 e. The molecule has 3 aromatic rings. The molecular weight excluding hydrogens is 461 g/mol. The maximum absolute atomic E-state index is 13.6. The maximum atomic E-state index is 13.6. The standard InChI is InChI=1S/C19H19BrFN5O2S/c1-11-7-8-15(13(20)9-11)23-18(27)12(2)29-19-25-24-17(26(19)22)10-28-16-6-4-3-5-14(16)21/h3-9,12H,10,22H2,1-2H3,(H,23,27). The molecule has 1 amide bonds. The third-order valence-electron chi connectivity index (χ3n) is 3.96. The van der Waals surface area contributed by atoms with Crippen molar-refractivity contribution in [2.45, 2.75) is 30.9 Å². The number of amides is 1. The minimum atomic E-state index is -0.477. The fourth-order valence-electron chi connectivity index (χ4n) is 2.36. The predicted molar refractivity (Wildman–Crippen MR) is 114 cm³/mol. The van der Waals surface area contributed by atoms with Crippen LogP contribution in [0.2, 0.25) is 0 Å². The summed E-state index contributed by atoms with van der Waals surface area (Å²) in [6.45, 7) is 3.66. The summed E-state index contributed by atoms with van der Waals surface area (Å²) < 4.78 is 21.1. The molecule has 29 heavy (non-hydrogen) atoms. The van der Waals surface area contributed by atoms with Gasteiger partial charge in [-0.3, -0.25) is 4.79 Å². The van der Waals surface area contributed by atoms with Crippen LogP contribution < -0.4 is 15.9 Å². The third kappa shape index (κ3) is 5.27. The van der Waals surface area contributed by atoms with Gasteiger partial charge in [0.15, 0.2) is 17.4 Å². The second-order valence-electron chi connectivity index (χ2n) is 6.22. The number of nitrogens with one attached hydrogen (secondary N) is 1. The number of rotatable bonds is 7. The van der Waals surface area contributed by atoms with Gasteiger partial charge >= 0.3 is 0 Å². The molecule has 1 atom stereocenters. The zero-order valence-electron chi connectivity index (χ0n) is 15.7. The van der Waals surface area contributed by atoms with Gasteiger partial charge < -0.3 is 15.9 Å². The molecule has 1 unspecified atom stereocenters. The van der Waals surface area contributed by atoms with Gasteiger partial charge in [-0.25, -0.2) is 9.07 Å². The van der Waals surface area contributed by atoms with Crippen LogP contribution in [0, 0.1) is 12.7 Å². The van der Waals surface area contributed by atoms with Crippen LogP contribution in [0.15, 0.2) is 52.1 Å². The quantitative estimate of drug-likeness (QED) is 0.394. The lowest BCUT2D eigenvalue weighted by atomic mass is 10.2. The Labute approximate surface area is 179 Å². The highest BCUT2D eigenvalue weighted by Gasteiger charge is 2.20. The number of para-hydroxylation sites is 1. The molecule has 7 nitrogen and oxygen atoms in total. The van der Waals surface area contributed by atoms with Crippen LogP contribution in [0.5, 0.6) is 5.75 Å². The third-order valence-corrected chi connectivity index (χ3v) is 5.68. The van der Waals surface area contributed by atoms with E-state index in [0.29, 0.717) is 16.7 Å². The second-order valence-corrected chi connectivity index (χ2v) is 8.38. The number of hydrogen-bond acceptors (Lipinski definition) is 6. The van der Waals surface area contributed by atoms with Gasteiger partial charge in [0.1, 0.15) is 6.61 Å². The zero-order valence-corrected chi connectivity index (χ0v) is 18.1. The number of aromatic nitrogens is 3. The number of anilines is 1. The first-order valence-electron chi connectivity index (χ1n) is 8.65. The van der Waals surface area contributed by atoms with Crippen molar-refractivity contribution in [3.8, 4) is 5.75 Å². The fourth-order valence-corrected chi connectivity index (χ4v) is 3.74. The molecule has 0 aliphatic heterocycles. The number of nitrogen functional groups attached to an aromatic ring is 1. The molecule has 1 aromatic heterocycles. The summed E-state index contributed by atoms with van der Waals surface area (Å²) in [6, 6.07) is 11.7. The number of carbonyl (C=O) groups is 1. The number of thioether (sulfide) groups is 1. The molecule has 1 heterocycles. The lowest BCUT2D eigenvalue weighted by Gasteiger charge is -2.13. The van der Waals surface area contributed by atoms with Crippen molar-refractivity contribution in [3.05, 3.63) is 64.1 Å². The van der Waals surface area contributed by atoms with Crippen molar-refractivity contribution in [1.29, 1.82) is 0 Å². The first-order chi connectivity index (χ1) is 13.8. The number of carbonyl (C=O) groups excluding carboxylic acids is 1. The van der Waals surface area contributed by atoms with Gasteiger partial charge in [-0.15, -0.1) is 10.2 Å². The van der Waals surface area contributed by atoms with E-state index in [0.717, 1.165) is 21.8 Å². The van der Waals surface area contributed by atoms with Gasteiger partial charge in [-0.1, -0.05) is 30.0 Å². The Morgan fingerprint density at radius 2 is 2.10 bits per heavy atom. The minimum Gasteiger partial charge on any atom is -0.482 e. The Morgan fingerprint density at radius 1 is 1.34 bits per heavy atom. The van der Waals surface area contributed by atoms with E-state index in [2.05, 4.69) is 31.4 Å². The van der Waals surface area contributed by atoms with Gasteiger partial charge in [0, 0.05) is 4.47 Å². The van der Waals surface area contributed by atoms with E-state index in [1.165, 1.54) is 16.8 Å². The summed E-state index contributed by atoms with van der Waals surface area (Å²) in [5.74, 6) is 5.74. The summed E-state index contributed by atoms with van der Waals surface area (Å²) in [5, 5.41) is 10.7. The molecule has 0 saturated carbocycles. The SMILES string of the molecule is Cc1ccc(NC(=O)C(C)Sc2nnc(COc3ccccc3F)n2N)c(Br)c1. The maximum Gasteiger partial charge on any atom is 0.237 e. The largest absolute Gasteiger partial charge is 0.482 e. The Morgan fingerprint density at radius 3 is 2.83 bits per heavy atom. The Bertz CT molecular complexity index is 1030. The van der Waals surface area contributed by atoms with Crippen LogP contribution in [-0.4, -0.2) is 26.0 Å². The number of nitrogens with two attached hydrogens (primary N) is 1. The van der Waals surface area contributed by atoms with Crippen molar-refractivity contribution in [2.75, 3.05) is 11.2 Å². The average Bonchev–Trinajstić information content (AvgIpc) is 3.03. The van der Waals surface area contributed by atoms with Gasteiger partial charge in [0.05, 0.1) is 10.9 Å². The second kappa shape index (κ2) is 9.27. The van der Waals surface area contributed by atoms with Crippen molar-refractivity contribution >= 4 is 39.3 Å². The highest BCUT2D eigenvalue weighted by molar-refractivity contribution is 9.10. The molecule has 0 saturated heterocycles. The zero-order chi connectivity index (χ0) is 21.0. The van der Waals surface area contributed by atoms with Crippen molar-refractivity contribution in [1.82, 2.24) is 14.9 Å². The van der Waals surface area contributed by atoms with E-state index < -0.39 is 11.1 Å². The van der Waals surface area contributed by atoms with Gasteiger partial charge in [0.25, 0.3) is 0 Å². The number of halogens is 2. The highest BCUT2D eigenvalue weighted by Crippen LogP contribution is 2.26. The molecule has 10 heteroatoms. The van der Waals surface area contributed by atoms with E-state index >= 15 is 0 Å². The van der Waals surface area contributed by atoms with Crippen molar-refractivity contribution < 1.29 is 13.9 Å². The van der Waals surface area contributed by atoms with Gasteiger partial charge in [-0.2, -0.15) is 0 Å². The molecule has 0 aliphatic carbocycles. The predicted octanol–water partition coefficient (Wildman–Crippen LogP) is 3.90. The summed E-state index contributed by atoms with van der Waals surface area (Å²) in [6.07, 6.45) is 0. The average molecular weight is 480 g/mol. The van der Waals surface area contributed by atoms with Gasteiger partial charge in [0.2, 0.25) is 11.1 Å². The normalized spacial score (nSPS) is 11.9. The molecule has 2 aromatic carbocycles. The van der Waals surface area contributed by atoms with Crippen LogP contribution in [-0.2, 0) is 11.4 Å². The summed E-state index contributed by atoms with van der Waals surface area (Å²) in [4.78, 5) is 12.5. The van der Waals surface area contributed by atoms with E-state index in [-0.39, 0.29) is 18.3 Å². The van der Waals surface area contributed by atoms with Gasteiger partial charge in [-0.05, 0) is 59.6 Å². The number of aryl methyl sites for hydroxylation is 1. The van der Waals surface area contributed by atoms with E-state index in [1.54, 1.807) is 19.1 Å². The molecule has 0 aliphatic rings. The van der Waals surface area contributed by atoms with E-state index in [9.17, 15) is 9.18 Å². The molecule has 3 rings (SSSR count). The lowest BCUT2D eigenvalue weighted by molar-refractivity contribution is -0.115. The Hall–Kier alpha value is -2.59. The molecular formula is C19H19BrFN5O2S. The first-order valence-corrected chi connectivity index (χ1v) is 10.3. The molecule has 0 fully saturated rings. The van der Waals surface area contributed by atoms with E-state index in [4.69, 9.17) is 10.6 Å². The minimum absolute atomic E-state index is 0.0537. The fraction of sp³-hybridized carbons (Fsp3) is 0.211. The number of nitrogens with zero attached hydrogens (tertiary/aromatic N) is 3. The topological polar surface area (TPSA) is 95.1 Å². The number of benzene rings is 2. The van der Waals surface area contributed by atoms with Crippen LogP contribution >= 0.6 is 27.7 Å². The Balaban J connectivity index is 1.61. The lowest BCUT2D eigenvalue weighted by Crippen LogP contribution is -2.24. The molecule has 152 valence electrons. The molecule has 0 spiro atoms. The molecule has 0 bridgehead atoms. The van der Waals surface area contributed by atoms with Crippen LogP contribution in [0.4, 0.5) is 10.1 Å². The number of ether oxygens (including phenoxy) is 1. The summed E-state index contributed by atoms with van der Waals surface area (Å²) in [7, 11) is 0. The van der Waals surface area contributed by atoms with Crippen molar-refractivity contribution in [3.63, 3.8) is 0 Å². The molecule has 0 radical (unpaired) electrons. The molecule has 3 N–H and O–H groups in total. The summed E-state index contributed by atoms with van der Waals surface area (Å²) in [5.41, 5.74) is 1.76. The number of hydrogen-bond donors (Lipinski definition) is 2. The van der Waals surface area contributed by atoms with Crippen molar-refractivity contribution in [2.24, 2.45) is 0 Å². The van der Waals surface area contributed by atoms with Crippen LogP contribution in [0.1, 0.15) is 18.3 Å². The Kier molecular flexibility index (Phi) is 6.75. The van der Waals surface area contributed by atoms with Crippen LogP contribution in [0.3, 0.4) is 0 Å². The van der Waals surface area contributed by atoms with E-state index in [1.807, 2.05) is 25.1 Å². The highest BCUT2D eigenvalue weighted by atomic mass is 79.9. The first kappa shape index (κ1) is 21.1.